The number of ether oxygens (including phenoxy) is 1. The molecule has 1 aliphatic rings. The monoisotopic (exact) mass is 472 g/mol. The van der Waals surface area contributed by atoms with E-state index in [4.69, 9.17) is 16.3 Å². The number of hydrogen-bond acceptors (Lipinski definition) is 6. The third-order valence-electron chi connectivity index (χ3n) is 5.45. The van der Waals surface area contributed by atoms with E-state index >= 15 is 0 Å². The van der Waals surface area contributed by atoms with Crippen molar-refractivity contribution >= 4 is 50.1 Å². The van der Waals surface area contributed by atoms with E-state index in [-0.39, 0.29) is 18.4 Å². The summed E-state index contributed by atoms with van der Waals surface area (Å²) in [5.74, 6) is 0.319. The molecule has 0 saturated carbocycles. The van der Waals surface area contributed by atoms with Crippen LogP contribution in [0.3, 0.4) is 0 Å². The lowest BCUT2D eigenvalue weighted by Gasteiger charge is -2.32. The SMILES string of the molecule is Cc1cc(OCC(=O)Nc2nc3ccc(C(=O)N4CCN(C)CC4)cc3s2)cc(C)c1Cl. The van der Waals surface area contributed by atoms with Crippen LogP contribution < -0.4 is 10.1 Å². The highest BCUT2D eigenvalue weighted by Gasteiger charge is 2.21. The molecule has 0 unspecified atom stereocenters. The standard InChI is InChI=1S/C23H25ClN4O3S/c1-14-10-17(11-15(2)21(14)24)31-13-20(29)26-23-25-18-5-4-16(12-19(18)32-23)22(30)28-8-6-27(3)7-9-28/h4-5,10-12H,6-9,13H2,1-3H3,(H,25,26,29). The number of halogens is 1. The normalized spacial score (nSPS) is 14.6. The topological polar surface area (TPSA) is 74.8 Å². The van der Waals surface area contributed by atoms with Gasteiger partial charge in [-0.05, 0) is 62.4 Å². The van der Waals surface area contributed by atoms with Crippen molar-refractivity contribution in [2.24, 2.45) is 0 Å². The molecule has 2 heterocycles. The number of rotatable bonds is 5. The number of nitrogens with one attached hydrogen (secondary N) is 1. The summed E-state index contributed by atoms with van der Waals surface area (Å²) in [5, 5.41) is 3.95. The number of carbonyl (C=O) groups is 2. The van der Waals surface area contributed by atoms with E-state index in [1.165, 1.54) is 11.3 Å². The second-order valence-electron chi connectivity index (χ2n) is 8.00. The number of nitrogens with zero attached hydrogens (tertiary/aromatic N) is 3. The first-order chi connectivity index (χ1) is 15.3. The average molecular weight is 473 g/mol. The van der Waals surface area contributed by atoms with Crippen LogP contribution in [0.4, 0.5) is 5.13 Å². The van der Waals surface area contributed by atoms with Crippen molar-refractivity contribution in [1.82, 2.24) is 14.8 Å². The lowest BCUT2D eigenvalue weighted by atomic mass is 10.1. The number of piperazine rings is 1. The Morgan fingerprint density at radius 1 is 1.12 bits per heavy atom. The fourth-order valence-electron chi connectivity index (χ4n) is 3.60. The van der Waals surface area contributed by atoms with Crippen LogP contribution in [-0.2, 0) is 4.79 Å². The molecule has 2 amide bonds. The highest BCUT2D eigenvalue weighted by Crippen LogP contribution is 2.28. The lowest BCUT2D eigenvalue weighted by Crippen LogP contribution is -2.47. The van der Waals surface area contributed by atoms with Crippen molar-refractivity contribution in [3.8, 4) is 5.75 Å². The van der Waals surface area contributed by atoms with Crippen molar-refractivity contribution in [3.05, 3.63) is 52.0 Å². The number of likely N-dealkylation sites (N-methyl/N-ethyl adjacent to an activating group) is 1. The minimum atomic E-state index is -0.303. The van der Waals surface area contributed by atoms with Crippen LogP contribution >= 0.6 is 22.9 Å². The van der Waals surface area contributed by atoms with Gasteiger partial charge in [-0.15, -0.1) is 0 Å². The Balaban J connectivity index is 1.39. The molecule has 7 nitrogen and oxygen atoms in total. The number of thiazole rings is 1. The fraction of sp³-hybridized carbons (Fsp3) is 0.348. The zero-order valence-corrected chi connectivity index (χ0v) is 19.8. The summed E-state index contributed by atoms with van der Waals surface area (Å²) in [6.45, 7) is 6.86. The van der Waals surface area contributed by atoms with Crippen LogP contribution in [0.1, 0.15) is 21.5 Å². The van der Waals surface area contributed by atoms with Crippen LogP contribution in [0, 0.1) is 13.8 Å². The highest BCUT2D eigenvalue weighted by atomic mass is 35.5. The van der Waals surface area contributed by atoms with Crippen molar-refractivity contribution in [1.29, 1.82) is 0 Å². The first kappa shape index (κ1) is 22.5. The predicted octanol–water partition coefficient (Wildman–Crippen LogP) is 3.97. The molecule has 0 aliphatic carbocycles. The van der Waals surface area contributed by atoms with E-state index in [1.807, 2.05) is 30.9 Å². The Kier molecular flexibility index (Phi) is 6.64. The van der Waals surface area contributed by atoms with Gasteiger partial charge in [0.05, 0.1) is 10.2 Å². The number of aryl methyl sites for hydroxylation is 2. The molecule has 0 atom stereocenters. The number of carbonyl (C=O) groups excluding carboxylic acids is 2. The number of amides is 2. The van der Waals surface area contributed by atoms with Crippen molar-refractivity contribution in [2.45, 2.75) is 13.8 Å². The molecule has 3 aromatic rings. The van der Waals surface area contributed by atoms with Crippen LogP contribution in [0.25, 0.3) is 10.2 Å². The first-order valence-electron chi connectivity index (χ1n) is 10.4. The summed E-state index contributed by atoms with van der Waals surface area (Å²) in [6, 6.07) is 9.07. The maximum Gasteiger partial charge on any atom is 0.264 e. The molecule has 4 rings (SSSR count). The molecule has 32 heavy (non-hydrogen) atoms. The minimum absolute atomic E-state index is 0.0286. The molecule has 0 radical (unpaired) electrons. The van der Waals surface area contributed by atoms with Gasteiger partial charge < -0.3 is 14.5 Å². The summed E-state index contributed by atoms with van der Waals surface area (Å²) in [6.07, 6.45) is 0. The quantitative estimate of drug-likeness (QED) is 0.608. The van der Waals surface area contributed by atoms with E-state index in [2.05, 4.69) is 22.2 Å². The predicted molar refractivity (Wildman–Crippen MR) is 128 cm³/mol. The number of fused-ring (bicyclic) bond motifs is 1. The van der Waals surface area contributed by atoms with Gasteiger partial charge >= 0.3 is 0 Å². The Bertz CT molecular complexity index is 1150. The van der Waals surface area contributed by atoms with Crippen LogP contribution in [0.2, 0.25) is 5.02 Å². The molecule has 2 aromatic carbocycles. The van der Waals surface area contributed by atoms with E-state index in [0.717, 1.165) is 47.5 Å². The van der Waals surface area contributed by atoms with E-state index < -0.39 is 0 Å². The van der Waals surface area contributed by atoms with Crippen LogP contribution in [0.5, 0.6) is 5.75 Å². The molecule has 1 aromatic heterocycles. The fourth-order valence-corrected chi connectivity index (χ4v) is 4.63. The molecule has 1 fully saturated rings. The van der Waals surface area contributed by atoms with Gasteiger partial charge in [0, 0.05) is 36.8 Å². The Hall–Kier alpha value is -2.68. The second-order valence-corrected chi connectivity index (χ2v) is 9.41. The molecule has 9 heteroatoms. The maximum atomic E-state index is 12.8. The van der Waals surface area contributed by atoms with Gasteiger partial charge in [0.1, 0.15) is 5.75 Å². The van der Waals surface area contributed by atoms with Crippen LogP contribution in [0.15, 0.2) is 30.3 Å². The van der Waals surface area contributed by atoms with Gasteiger partial charge in [0.15, 0.2) is 11.7 Å². The van der Waals surface area contributed by atoms with Gasteiger partial charge in [-0.1, -0.05) is 22.9 Å². The second kappa shape index (κ2) is 9.44. The van der Waals surface area contributed by atoms with Gasteiger partial charge in [-0.3, -0.25) is 14.9 Å². The lowest BCUT2D eigenvalue weighted by molar-refractivity contribution is -0.118. The molecule has 168 valence electrons. The molecular weight excluding hydrogens is 448 g/mol. The number of aromatic nitrogens is 1. The average Bonchev–Trinajstić information content (AvgIpc) is 3.17. The minimum Gasteiger partial charge on any atom is -0.484 e. The molecule has 1 aliphatic heterocycles. The first-order valence-corrected chi connectivity index (χ1v) is 11.6. The molecular formula is C23H25ClN4O3S. The molecule has 0 spiro atoms. The van der Waals surface area contributed by atoms with Gasteiger partial charge in [-0.2, -0.15) is 0 Å². The van der Waals surface area contributed by atoms with Gasteiger partial charge in [0.2, 0.25) is 0 Å². The smallest absolute Gasteiger partial charge is 0.264 e. The van der Waals surface area contributed by atoms with E-state index in [0.29, 0.717) is 21.5 Å². The summed E-state index contributed by atoms with van der Waals surface area (Å²) in [4.78, 5) is 33.7. The van der Waals surface area contributed by atoms with Crippen LogP contribution in [-0.4, -0.2) is 66.4 Å². The Labute approximate surface area is 195 Å². The van der Waals surface area contributed by atoms with Crippen molar-refractivity contribution in [3.63, 3.8) is 0 Å². The zero-order chi connectivity index (χ0) is 22.8. The van der Waals surface area contributed by atoms with Crippen molar-refractivity contribution < 1.29 is 14.3 Å². The Morgan fingerprint density at radius 2 is 1.81 bits per heavy atom. The van der Waals surface area contributed by atoms with Gasteiger partial charge in [0.25, 0.3) is 11.8 Å². The summed E-state index contributed by atoms with van der Waals surface area (Å²) in [7, 11) is 2.06. The van der Waals surface area contributed by atoms with E-state index in [1.54, 1.807) is 18.2 Å². The third kappa shape index (κ3) is 5.03. The summed E-state index contributed by atoms with van der Waals surface area (Å²) in [5.41, 5.74) is 3.18. The number of benzene rings is 2. The molecule has 0 bridgehead atoms. The number of hydrogen-bond donors (Lipinski definition) is 1. The summed E-state index contributed by atoms with van der Waals surface area (Å²) >= 11 is 7.51. The third-order valence-corrected chi connectivity index (χ3v) is 6.98. The Morgan fingerprint density at radius 3 is 2.50 bits per heavy atom. The zero-order valence-electron chi connectivity index (χ0n) is 18.3. The maximum absolute atomic E-state index is 12.8. The summed E-state index contributed by atoms with van der Waals surface area (Å²) < 4.78 is 6.46. The highest BCUT2D eigenvalue weighted by molar-refractivity contribution is 7.22. The number of anilines is 1. The van der Waals surface area contributed by atoms with Gasteiger partial charge in [-0.25, -0.2) is 4.98 Å². The largest absolute Gasteiger partial charge is 0.484 e. The molecule has 1 saturated heterocycles. The van der Waals surface area contributed by atoms with Crippen molar-refractivity contribution in [2.75, 3.05) is 45.2 Å². The molecule has 1 N–H and O–H groups in total. The van der Waals surface area contributed by atoms with E-state index in [9.17, 15) is 9.59 Å².